The molecule has 0 radical (unpaired) electrons. The number of oxime groups is 1. The van der Waals surface area contributed by atoms with Gasteiger partial charge in [-0.3, -0.25) is 4.79 Å². The van der Waals surface area contributed by atoms with Crippen molar-refractivity contribution in [2.75, 3.05) is 0 Å². The lowest BCUT2D eigenvalue weighted by atomic mass is 9.99. The Morgan fingerprint density at radius 1 is 1.53 bits per heavy atom. The molecule has 0 aromatic carbocycles. The van der Waals surface area contributed by atoms with Crippen LogP contribution in [0.4, 0.5) is 0 Å². The van der Waals surface area contributed by atoms with Crippen LogP contribution in [0.3, 0.4) is 0 Å². The van der Waals surface area contributed by atoms with Gasteiger partial charge in [-0.1, -0.05) is 30.3 Å². The Hall–Kier alpha value is -0.970. The van der Waals surface area contributed by atoms with E-state index in [-0.39, 0.29) is 21.7 Å². The molecule has 0 bridgehead atoms. The Morgan fingerprint density at radius 3 is 2.63 bits per heavy atom. The van der Waals surface area contributed by atoms with Crippen molar-refractivity contribution in [3.63, 3.8) is 0 Å². The zero-order valence-corrected chi connectivity index (χ0v) is 13.1. The van der Waals surface area contributed by atoms with Crippen LogP contribution < -0.4 is 0 Å². The fourth-order valence-corrected chi connectivity index (χ4v) is 2.90. The molecule has 1 rings (SSSR count). The van der Waals surface area contributed by atoms with Crippen molar-refractivity contribution in [2.24, 2.45) is 5.16 Å². The summed E-state index contributed by atoms with van der Waals surface area (Å²) in [6.07, 6.45) is 1.90. The molecule has 0 saturated heterocycles. The van der Waals surface area contributed by atoms with E-state index >= 15 is 0 Å². The quantitative estimate of drug-likeness (QED) is 0.616. The van der Waals surface area contributed by atoms with Gasteiger partial charge in [0.15, 0.2) is 0 Å². The summed E-state index contributed by atoms with van der Waals surface area (Å²) < 4.78 is -0.263. The Balaban J connectivity index is 3.07. The zero-order chi connectivity index (χ0) is 14.6. The van der Waals surface area contributed by atoms with E-state index in [0.717, 1.165) is 6.42 Å². The van der Waals surface area contributed by atoms with Crippen molar-refractivity contribution in [2.45, 2.75) is 64.7 Å². The smallest absolute Gasteiger partial charge is 0.225 e. The molecular weight excluding hydrogens is 262 g/mol. The van der Waals surface area contributed by atoms with Gasteiger partial charge in [0, 0.05) is 11.2 Å². The molecule has 5 heteroatoms. The zero-order valence-electron chi connectivity index (χ0n) is 12.3. The van der Waals surface area contributed by atoms with Crippen LogP contribution in [-0.2, 0) is 9.63 Å². The van der Waals surface area contributed by atoms with Crippen LogP contribution in [0, 0.1) is 0 Å². The fourth-order valence-electron chi connectivity index (χ4n) is 1.85. The molecule has 1 aliphatic heterocycles. The van der Waals surface area contributed by atoms with Gasteiger partial charge in [0.05, 0.1) is 11.3 Å². The first kappa shape index (κ1) is 16.1. The number of aliphatic hydroxyl groups is 1. The van der Waals surface area contributed by atoms with Crippen LogP contribution in [0.2, 0.25) is 0 Å². The van der Waals surface area contributed by atoms with E-state index in [4.69, 9.17) is 4.84 Å². The third kappa shape index (κ3) is 4.56. The maximum atomic E-state index is 12.2. The molecule has 0 fully saturated rings. The average molecular weight is 285 g/mol. The molecule has 1 aliphatic rings. The molecule has 0 aromatic rings. The molecule has 1 heterocycles. The predicted octanol–water partition coefficient (Wildman–Crippen LogP) is 3.82. The van der Waals surface area contributed by atoms with Crippen LogP contribution in [-0.4, -0.2) is 26.8 Å². The average Bonchev–Trinajstić information content (AvgIpc) is 2.22. The van der Waals surface area contributed by atoms with Crippen molar-refractivity contribution >= 4 is 22.6 Å². The Labute approximate surface area is 119 Å². The number of aliphatic hydroxyl groups excluding tert-OH is 1. The SMILES string of the molecule is CCCC(=NOC(C)C)C1=C(O)CC(C)(C)SC1=O. The first-order valence-electron chi connectivity index (χ1n) is 6.65. The van der Waals surface area contributed by atoms with Crippen LogP contribution in [0.5, 0.6) is 0 Å². The molecule has 0 aromatic heterocycles. The number of carbonyl (C=O) groups excluding carboxylic acids is 1. The molecule has 0 amide bonds. The van der Waals surface area contributed by atoms with Gasteiger partial charge in [0.25, 0.3) is 0 Å². The monoisotopic (exact) mass is 285 g/mol. The minimum absolute atomic E-state index is 0.0441. The standard InChI is InChI=1S/C14H23NO3S/c1-6-7-10(15-18-9(2)3)12-11(16)8-14(4,5)19-13(12)17/h9,16H,6-8H2,1-5H3. The van der Waals surface area contributed by atoms with Crippen molar-refractivity contribution < 1.29 is 14.7 Å². The highest BCUT2D eigenvalue weighted by Crippen LogP contribution is 2.39. The summed E-state index contributed by atoms with van der Waals surface area (Å²) in [6, 6.07) is 0. The number of allylic oxidation sites excluding steroid dienone is 1. The highest BCUT2D eigenvalue weighted by atomic mass is 32.2. The van der Waals surface area contributed by atoms with Gasteiger partial charge in [0.2, 0.25) is 5.12 Å². The summed E-state index contributed by atoms with van der Waals surface area (Å²) in [5, 5.41) is 14.1. The minimum atomic E-state index is -0.263. The lowest BCUT2D eigenvalue weighted by molar-refractivity contribution is -0.107. The second-order valence-electron chi connectivity index (χ2n) is 5.59. The summed E-state index contributed by atoms with van der Waals surface area (Å²) in [5.74, 6) is 0.133. The summed E-state index contributed by atoms with van der Waals surface area (Å²) in [7, 11) is 0. The number of carbonyl (C=O) groups is 1. The molecule has 4 nitrogen and oxygen atoms in total. The normalized spacial score (nSPS) is 20.1. The maximum absolute atomic E-state index is 12.2. The number of rotatable bonds is 5. The van der Waals surface area contributed by atoms with Crippen LogP contribution >= 0.6 is 11.8 Å². The molecule has 0 spiro atoms. The van der Waals surface area contributed by atoms with E-state index in [1.807, 2.05) is 34.6 Å². The largest absolute Gasteiger partial charge is 0.511 e. The molecule has 0 unspecified atom stereocenters. The lowest BCUT2D eigenvalue weighted by Crippen LogP contribution is -2.28. The lowest BCUT2D eigenvalue weighted by Gasteiger charge is -2.29. The van der Waals surface area contributed by atoms with E-state index in [1.165, 1.54) is 11.8 Å². The van der Waals surface area contributed by atoms with Gasteiger partial charge in [-0.05, 0) is 34.1 Å². The van der Waals surface area contributed by atoms with Gasteiger partial charge in [-0.2, -0.15) is 0 Å². The number of thioether (sulfide) groups is 1. The minimum Gasteiger partial charge on any atom is -0.511 e. The first-order valence-corrected chi connectivity index (χ1v) is 7.47. The molecule has 1 N–H and O–H groups in total. The fraction of sp³-hybridized carbons (Fsp3) is 0.714. The van der Waals surface area contributed by atoms with E-state index in [2.05, 4.69) is 5.16 Å². The summed E-state index contributed by atoms with van der Waals surface area (Å²) in [5.41, 5.74) is 0.897. The van der Waals surface area contributed by atoms with Gasteiger partial charge in [0.1, 0.15) is 11.9 Å². The van der Waals surface area contributed by atoms with E-state index in [0.29, 0.717) is 24.1 Å². The summed E-state index contributed by atoms with van der Waals surface area (Å²) >= 11 is 1.25. The Morgan fingerprint density at radius 2 is 2.16 bits per heavy atom. The highest BCUT2D eigenvalue weighted by Gasteiger charge is 2.36. The van der Waals surface area contributed by atoms with Gasteiger partial charge in [-0.25, -0.2) is 0 Å². The van der Waals surface area contributed by atoms with Crippen molar-refractivity contribution in [3.05, 3.63) is 11.3 Å². The Kier molecular flexibility index (Phi) is 5.47. The maximum Gasteiger partial charge on any atom is 0.225 e. The van der Waals surface area contributed by atoms with E-state index < -0.39 is 0 Å². The summed E-state index contributed by atoms with van der Waals surface area (Å²) in [4.78, 5) is 17.4. The van der Waals surface area contributed by atoms with Crippen molar-refractivity contribution in [1.82, 2.24) is 0 Å². The number of nitrogens with zero attached hydrogens (tertiary/aromatic N) is 1. The van der Waals surface area contributed by atoms with Gasteiger partial charge >= 0.3 is 0 Å². The predicted molar refractivity (Wildman–Crippen MR) is 79.5 cm³/mol. The molecule has 0 atom stereocenters. The van der Waals surface area contributed by atoms with Crippen LogP contribution in [0.25, 0.3) is 0 Å². The van der Waals surface area contributed by atoms with Gasteiger partial charge < -0.3 is 9.94 Å². The Bertz CT molecular complexity index is 411. The van der Waals surface area contributed by atoms with E-state index in [1.54, 1.807) is 0 Å². The second-order valence-corrected chi connectivity index (χ2v) is 7.27. The van der Waals surface area contributed by atoms with Crippen molar-refractivity contribution in [3.8, 4) is 0 Å². The third-order valence-electron chi connectivity index (χ3n) is 2.60. The second kappa shape index (κ2) is 6.46. The molecule has 19 heavy (non-hydrogen) atoms. The third-order valence-corrected chi connectivity index (χ3v) is 3.69. The molecule has 108 valence electrons. The number of hydrogen-bond donors (Lipinski definition) is 1. The summed E-state index contributed by atoms with van der Waals surface area (Å²) in [6.45, 7) is 9.66. The highest BCUT2D eigenvalue weighted by molar-refractivity contribution is 8.15. The molecule has 0 aliphatic carbocycles. The van der Waals surface area contributed by atoms with E-state index in [9.17, 15) is 9.90 Å². The van der Waals surface area contributed by atoms with Crippen LogP contribution in [0.1, 0.15) is 53.9 Å². The topological polar surface area (TPSA) is 58.9 Å². The van der Waals surface area contributed by atoms with Crippen molar-refractivity contribution in [1.29, 1.82) is 0 Å². The molecule has 0 saturated carbocycles. The van der Waals surface area contributed by atoms with Gasteiger partial charge in [-0.15, -0.1) is 0 Å². The van der Waals surface area contributed by atoms with Crippen LogP contribution in [0.15, 0.2) is 16.5 Å². The number of hydrogen-bond acceptors (Lipinski definition) is 5. The molecular formula is C14H23NO3S. The first-order chi connectivity index (χ1) is 8.76.